The Morgan fingerprint density at radius 2 is 2.19 bits per heavy atom. The Morgan fingerprint density at radius 3 is 2.86 bits per heavy atom. The van der Waals surface area contributed by atoms with E-state index >= 15 is 0 Å². The molecule has 1 aromatic rings. The normalized spacial score (nSPS) is 23.9. The Hall–Kier alpha value is -0.840. The van der Waals surface area contributed by atoms with Gasteiger partial charge in [0.2, 0.25) is 0 Å². The molecule has 0 saturated carbocycles. The SMILES string of the molecule is CCC1COC(C)CN1Cc1cc(CNC(C)C)c(C)o1. The predicted octanol–water partition coefficient (Wildman–Crippen LogP) is 3.09. The van der Waals surface area contributed by atoms with Gasteiger partial charge < -0.3 is 14.5 Å². The second-order valence-corrected chi connectivity index (χ2v) is 6.47. The summed E-state index contributed by atoms with van der Waals surface area (Å²) in [4.78, 5) is 2.49. The molecule has 0 aliphatic carbocycles. The minimum absolute atomic E-state index is 0.311. The summed E-state index contributed by atoms with van der Waals surface area (Å²) >= 11 is 0. The highest BCUT2D eigenvalue weighted by Gasteiger charge is 2.26. The number of morpholine rings is 1. The molecule has 2 atom stereocenters. The lowest BCUT2D eigenvalue weighted by Gasteiger charge is -2.37. The quantitative estimate of drug-likeness (QED) is 0.875. The van der Waals surface area contributed by atoms with Crippen molar-refractivity contribution in [2.75, 3.05) is 13.2 Å². The van der Waals surface area contributed by atoms with Gasteiger partial charge >= 0.3 is 0 Å². The van der Waals surface area contributed by atoms with E-state index in [2.05, 4.69) is 50.9 Å². The third-order valence-electron chi connectivity index (χ3n) is 4.18. The summed E-state index contributed by atoms with van der Waals surface area (Å²) in [6.07, 6.45) is 1.43. The van der Waals surface area contributed by atoms with Gasteiger partial charge in [-0.1, -0.05) is 20.8 Å². The highest BCUT2D eigenvalue weighted by Crippen LogP contribution is 2.21. The highest BCUT2D eigenvalue weighted by molar-refractivity contribution is 5.20. The van der Waals surface area contributed by atoms with Crippen molar-refractivity contribution in [2.45, 2.75) is 72.3 Å². The van der Waals surface area contributed by atoms with Gasteiger partial charge in [0.15, 0.2) is 0 Å². The number of hydrogen-bond donors (Lipinski definition) is 1. The minimum atomic E-state index is 0.311. The first-order chi connectivity index (χ1) is 9.99. The molecule has 1 aliphatic rings. The monoisotopic (exact) mass is 294 g/mol. The molecule has 1 fully saturated rings. The standard InChI is InChI=1S/C17H30N2O2/c1-6-16-11-20-13(4)9-19(16)10-17-7-15(14(5)21-17)8-18-12(2)3/h7,12-13,16,18H,6,8-11H2,1-5H3. The summed E-state index contributed by atoms with van der Waals surface area (Å²) in [6, 6.07) is 3.20. The van der Waals surface area contributed by atoms with E-state index in [0.717, 1.165) is 44.2 Å². The summed E-state index contributed by atoms with van der Waals surface area (Å²) in [5, 5.41) is 3.45. The Kier molecular flexibility index (Phi) is 5.85. The van der Waals surface area contributed by atoms with Crippen LogP contribution in [0, 0.1) is 6.92 Å². The van der Waals surface area contributed by atoms with Crippen LogP contribution in [-0.4, -0.2) is 36.2 Å². The van der Waals surface area contributed by atoms with Crippen LogP contribution in [0.15, 0.2) is 10.5 Å². The zero-order valence-electron chi connectivity index (χ0n) is 14.1. The van der Waals surface area contributed by atoms with Gasteiger partial charge in [0.1, 0.15) is 11.5 Å². The van der Waals surface area contributed by atoms with Crippen molar-refractivity contribution in [1.29, 1.82) is 0 Å². The average molecular weight is 294 g/mol. The van der Waals surface area contributed by atoms with Crippen LogP contribution < -0.4 is 5.32 Å². The van der Waals surface area contributed by atoms with Crippen LogP contribution in [0.4, 0.5) is 0 Å². The fourth-order valence-corrected chi connectivity index (χ4v) is 2.84. The van der Waals surface area contributed by atoms with Gasteiger partial charge in [-0.2, -0.15) is 0 Å². The van der Waals surface area contributed by atoms with Crippen LogP contribution in [0.2, 0.25) is 0 Å². The molecular weight excluding hydrogens is 264 g/mol. The molecule has 0 aromatic carbocycles. The number of rotatable bonds is 6. The Morgan fingerprint density at radius 1 is 1.43 bits per heavy atom. The third kappa shape index (κ3) is 4.56. The molecule has 0 bridgehead atoms. The first-order valence-corrected chi connectivity index (χ1v) is 8.16. The molecule has 1 aliphatic heterocycles. The average Bonchev–Trinajstić information content (AvgIpc) is 2.77. The van der Waals surface area contributed by atoms with Crippen molar-refractivity contribution in [3.8, 4) is 0 Å². The molecule has 2 rings (SSSR count). The van der Waals surface area contributed by atoms with Crippen LogP contribution in [0.5, 0.6) is 0 Å². The Labute approximate surface area is 128 Å². The van der Waals surface area contributed by atoms with Gasteiger partial charge in [0.05, 0.1) is 19.3 Å². The molecule has 4 nitrogen and oxygen atoms in total. The summed E-state index contributed by atoms with van der Waals surface area (Å²) < 4.78 is 11.7. The lowest BCUT2D eigenvalue weighted by molar-refractivity contribution is -0.0611. The number of hydrogen-bond acceptors (Lipinski definition) is 4. The smallest absolute Gasteiger partial charge is 0.118 e. The molecule has 4 heteroatoms. The summed E-state index contributed by atoms with van der Waals surface area (Å²) in [6.45, 7) is 14.3. The van der Waals surface area contributed by atoms with Crippen molar-refractivity contribution in [3.05, 3.63) is 23.2 Å². The van der Waals surface area contributed by atoms with E-state index in [1.165, 1.54) is 5.56 Å². The molecule has 1 N–H and O–H groups in total. The van der Waals surface area contributed by atoms with Gasteiger partial charge in [-0.15, -0.1) is 0 Å². The largest absolute Gasteiger partial charge is 0.465 e. The number of furan rings is 1. The van der Waals surface area contributed by atoms with Gasteiger partial charge in [-0.05, 0) is 26.3 Å². The van der Waals surface area contributed by atoms with E-state index in [-0.39, 0.29) is 0 Å². The second-order valence-electron chi connectivity index (χ2n) is 6.47. The van der Waals surface area contributed by atoms with Crippen LogP contribution in [0.25, 0.3) is 0 Å². The summed E-state index contributed by atoms with van der Waals surface area (Å²) in [5.41, 5.74) is 1.27. The van der Waals surface area contributed by atoms with E-state index in [4.69, 9.17) is 9.15 Å². The van der Waals surface area contributed by atoms with E-state index in [0.29, 0.717) is 18.2 Å². The minimum Gasteiger partial charge on any atom is -0.465 e. The Bertz CT molecular complexity index is 442. The summed E-state index contributed by atoms with van der Waals surface area (Å²) in [7, 11) is 0. The zero-order chi connectivity index (χ0) is 15.4. The molecule has 1 aromatic heterocycles. The van der Waals surface area contributed by atoms with E-state index in [1.54, 1.807) is 0 Å². The molecule has 120 valence electrons. The fourth-order valence-electron chi connectivity index (χ4n) is 2.84. The third-order valence-corrected chi connectivity index (χ3v) is 4.18. The molecule has 1 saturated heterocycles. The molecule has 0 amide bonds. The lowest BCUT2D eigenvalue weighted by Crippen LogP contribution is -2.47. The zero-order valence-corrected chi connectivity index (χ0v) is 14.1. The number of ether oxygens (including phenoxy) is 1. The van der Waals surface area contributed by atoms with Crippen molar-refractivity contribution in [1.82, 2.24) is 10.2 Å². The van der Waals surface area contributed by atoms with E-state index in [1.807, 2.05) is 0 Å². The summed E-state index contributed by atoms with van der Waals surface area (Å²) in [5.74, 6) is 2.10. The van der Waals surface area contributed by atoms with Crippen molar-refractivity contribution in [3.63, 3.8) is 0 Å². The fraction of sp³-hybridized carbons (Fsp3) is 0.765. The van der Waals surface area contributed by atoms with E-state index < -0.39 is 0 Å². The second kappa shape index (κ2) is 7.43. The first kappa shape index (κ1) is 16.5. The van der Waals surface area contributed by atoms with Crippen molar-refractivity contribution < 1.29 is 9.15 Å². The van der Waals surface area contributed by atoms with E-state index in [9.17, 15) is 0 Å². The predicted molar refractivity (Wildman–Crippen MR) is 85.3 cm³/mol. The maximum absolute atomic E-state index is 5.96. The molecule has 21 heavy (non-hydrogen) atoms. The number of nitrogens with one attached hydrogen (secondary N) is 1. The van der Waals surface area contributed by atoms with Gasteiger partial charge in [0.25, 0.3) is 0 Å². The maximum atomic E-state index is 5.96. The number of nitrogens with zero attached hydrogens (tertiary/aromatic N) is 1. The molecule has 0 spiro atoms. The maximum Gasteiger partial charge on any atom is 0.118 e. The highest BCUT2D eigenvalue weighted by atomic mass is 16.5. The van der Waals surface area contributed by atoms with Crippen LogP contribution >= 0.6 is 0 Å². The van der Waals surface area contributed by atoms with Gasteiger partial charge in [-0.25, -0.2) is 0 Å². The van der Waals surface area contributed by atoms with Crippen molar-refractivity contribution in [2.24, 2.45) is 0 Å². The van der Waals surface area contributed by atoms with Crippen molar-refractivity contribution >= 4 is 0 Å². The first-order valence-electron chi connectivity index (χ1n) is 8.16. The topological polar surface area (TPSA) is 37.6 Å². The molecule has 0 radical (unpaired) electrons. The van der Waals surface area contributed by atoms with Crippen LogP contribution in [-0.2, 0) is 17.8 Å². The van der Waals surface area contributed by atoms with Gasteiger partial charge in [-0.3, -0.25) is 4.90 Å². The van der Waals surface area contributed by atoms with Crippen LogP contribution in [0.1, 0.15) is 51.2 Å². The molecule has 2 unspecified atom stereocenters. The molecular formula is C17H30N2O2. The Balaban J connectivity index is 1.99. The molecule has 2 heterocycles. The van der Waals surface area contributed by atoms with Gasteiger partial charge in [0, 0.05) is 30.7 Å². The number of aryl methyl sites for hydroxylation is 1. The van der Waals surface area contributed by atoms with Crippen LogP contribution in [0.3, 0.4) is 0 Å². The lowest BCUT2D eigenvalue weighted by atomic mass is 10.1.